The molecule has 2 rings (SSSR count). The van der Waals surface area contributed by atoms with Crippen LogP contribution < -0.4 is 4.74 Å². The van der Waals surface area contributed by atoms with Crippen LogP contribution in [0.25, 0.3) is 0 Å². The molecule has 0 aliphatic rings. The minimum Gasteiger partial charge on any atom is -0.508 e. The van der Waals surface area contributed by atoms with Crippen molar-refractivity contribution in [2.45, 2.75) is 25.9 Å². The number of hydrogen-bond donors (Lipinski definition) is 1. The van der Waals surface area contributed by atoms with Crippen LogP contribution in [0, 0.1) is 0 Å². The van der Waals surface area contributed by atoms with E-state index in [-0.39, 0.29) is 5.75 Å². The van der Waals surface area contributed by atoms with E-state index >= 15 is 0 Å². The van der Waals surface area contributed by atoms with Crippen molar-refractivity contribution in [1.29, 1.82) is 0 Å². The fourth-order valence-electron chi connectivity index (χ4n) is 2.19. The van der Waals surface area contributed by atoms with Gasteiger partial charge in [0.1, 0.15) is 11.5 Å². The Balaban J connectivity index is 2.24. The maximum atomic E-state index is 12.3. The Labute approximate surface area is 130 Å². The average molecular weight is 300 g/mol. The second-order valence-corrected chi connectivity index (χ2v) is 5.21. The standard InChI is InChI=1S/C18H20O4/c1-3-21-17(20)18(2,13-14-7-5-4-6-8-14)22-16-11-9-15(19)10-12-16/h4-12,19H,3,13H2,1-2H3/t18-/m0/s1. The van der Waals surface area contributed by atoms with Crippen molar-refractivity contribution in [3.63, 3.8) is 0 Å². The smallest absolute Gasteiger partial charge is 0.350 e. The van der Waals surface area contributed by atoms with E-state index in [2.05, 4.69) is 0 Å². The summed E-state index contributed by atoms with van der Waals surface area (Å²) in [6.45, 7) is 3.77. The summed E-state index contributed by atoms with van der Waals surface area (Å²) in [5, 5.41) is 9.34. The predicted octanol–water partition coefficient (Wildman–Crippen LogP) is 3.34. The monoisotopic (exact) mass is 300 g/mol. The van der Waals surface area contributed by atoms with Gasteiger partial charge in [0, 0.05) is 6.42 Å². The van der Waals surface area contributed by atoms with Gasteiger partial charge in [0.15, 0.2) is 0 Å². The first kappa shape index (κ1) is 15.9. The van der Waals surface area contributed by atoms with Crippen LogP contribution in [0.2, 0.25) is 0 Å². The molecule has 4 heteroatoms. The molecule has 0 saturated carbocycles. The quantitative estimate of drug-likeness (QED) is 0.831. The molecule has 0 unspecified atom stereocenters. The zero-order chi connectivity index (χ0) is 16.0. The molecule has 0 fully saturated rings. The Morgan fingerprint density at radius 2 is 1.73 bits per heavy atom. The highest BCUT2D eigenvalue weighted by atomic mass is 16.6. The van der Waals surface area contributed by atoms with Crippen LogP contribution in [-0.2, 0) is 16.0 Å². The highest BCUT2D eigenvalue weighted by molar-refractivity contribution is 5.80. The van der Waals surface area contributed by atoms with E-state index in [9.17, 15) is 9.90 Å². The van der Waals surface area contributed by atoms with Crippen LogP contribution in [0.3, 0.4) is 0 Å². The van der Waals surface area contributed by atoms with Crippen LogP contribution in [-0.4, -0.2) is 23.3 Å². The van der Waals surface area contributed by atoms with Gasteiger partial charge in [-0.1, -0.05) is 30.3 Å². The highest BCUT2D eigenvalue weighted by Gasteiger charge is 2.37. The molecule has 2 aromatic carbocycles. The lowest BCUT2D eigenvalue weighted by atomic mass is 9.96. The largest absolute Gasteiger partial charge is 0.508 e. The van der Waals surface area contributed by atoms with Crippen LogP contribution in [0.1, 0.15) is 19.4 Å². The summed E-state index contributed by atoms with van der Waals surface area (Å²) in [5.74, 6) is 0.240. The number of benzene rings is 2. The number of carbonyl (C=O) groups is 1. The fraction of sp³-hybridized carbons (Fsp3) is 0.278. The summed E-state index contributed by atoms with van der Waals surface area (Å²) < 4.78 is 11.1. The van der Waals surface area contributed by atoms with Crippen molar-refractivity contribution in [2.24, 2.45) is 0 Å². The SMILES string of the molecule is CCOC(=O)[C@](C)(Cc1ccccc1)Oc1ccc(O)cc1. The molecule has 0 radical (unpaired) electrons. The van der Waals surface area contributed by atoms with Crippen LogP contribution in [0.5, 0.6) is 11.5 Å². The van der Waals surface area contributed by atoms with Crippen molar-refractivity contribution >= 4 is 5.97 Å². The molecule has 1 N–H and O–H groups in total. The molecule has 0 aromatic heterocycles. The summed E-state index contributed by atoms with van der Waals surface area (Å²) in [7, 11) is 0. The number of phenolic OH excluding ortho intramolecular Hbond substituents is 1. The molecule has 0 spiro atoms. The number of phenols is 1. The zero-order valence-electron chi connectivity index (χ0n) is 12.8. The third kappa shape index (κ3) is 4.01. The first-order valence-electron chi connectivity index (χ1n) is 7.23. The molecule has 0 amide bonds. The van der Waals surface area contributed by atoms with Gasteiger partial charge in [-0.25, -0.2) is 4.79 Å². The number of rotatable bonds is 6. The molecule has 4 nitrogen and oxygen atoms in total. The van der Waals surface area contributed by atoms with Gasteiger partial charge in [-0.2, -0.15) is 0 Å². The van der Waals surface area contributed by atoms with E-state index < -0.39 is 11.6 Å². The Hall–Kier alpha value is -2.49. The molecule has 0 aliphatic carbocycles. The lowest BCUT2D eigenvalue weighted by molar-refractivity contribution is -0.160. The summed E-state index contributed by atoms with van der Waals surface area (Å²) in [6.07, 6.45) is 0.396. The molecular weight excluding hydrogens is 280 g/mol. The molecule has 1 atom stereocenters. The van der Waals surface area contributed by atoms with Gasteiger partial charge in [0.05, 0.1) is 6.61 Å². The van der Waals surface area contributed by atoms with E-state index in [0.717, 1.165) is 5.56 Å². The highest BCUT2D eigenvalue weighted by Crippen LogP contribution is 2.25. The fourth-order valence-corrected chi connectivity index (χ4v) is 2.19. The predicted molar refractivity (Wildman–Crippen MR) is 83.9 cm³/mol. The van der Waals surface area contributed by atoms with Gasteiger partial charge in [0.2, 0.25) is 5.60 Å². The molecule has 116 valence electrons. The number of carbonyl (C=O) groups excluding carboxylic acids is 1. The van der Waals surface area contributed by atoms with E-state index in [4.69, 9.17) is 9.47 Å². The van der Waals surface area contributed by atoms with Gasteiger partial charge >= 0.3 is 5.97 Å². The maximum absolute atomic E-state index is 12.3. The number of aromatic hydroxyl groups is 1. The van der Waals surface area contributed by atoms with Crippen molar-refractivity contribution in [3.05, 3.63) is 60.2 Å². The molecule has 0 aliphatic heterocycles. The molecule has 0 saturated heterocycles. The molecule has 0 heterocycles. The molecule has 22 heavy (non-hydrogen) atoms. The first-order valence-corrected chi connectivity index (χ1v) is 7.23. The van der Waals surface area contributed by atoms with Gasteiger partial charge < -0.3 is 14.6 Å². The van der Waals surface area contributed by atoms with Crippen molar-refractivity contribution < 1.29 is 19.4 Å². The van der Waals surface area contributed by atoms with Gasteiger partial charge in [-0.05, 0) is 43.7 Å². The lowest BCUT2D eigenvalue weighted by Gasteiger charge is -2.28. The van der Waals surface area contributed by atoms with Gasteiger partial charge in [-0.3, -0.25) is 0 Å². The number of ether oxygens (including phenoxy) is 2. The Kier molecular flexibility index (Phi) is 5.04. The number of hydrogen-bond acceptors (Lipinski definition) is 4. The van der Waals surface area contributed by atoms with Crippen LogP contribution in [0.4, 0.5) is 0 Å². The summed E-state index contributed by atoms with van der Waals surface area (Å²) in [5.41, 5.74) is -0.147. The van der Waals surface area contributed by atoms with Crippen LogP contribution in [0.15, 0.2) is 54.6 Å². The Morgan fingerprint density at radius 3 is 2.32 bits per heavy atom. The van der Waals surface area contributed by atoms with E-state index in [0.29, 0.717) is 18.8 Å². The van der Waals surface area contributed by atoms with Crippen molar-refractivity contribution in [3.8, 4) is 11.5 Å². The van der Waals surface area contributed by atoms with E-state index in [1.165, 1.54) is 12.1 Å². The van der Waals surface area contributed by atoms with E-state index in [1.807, 2.05) is 30.3 Å². The second-order valence-electron chi connectivity index (χ2n) is 5.21. The average Bonchev–Trinajstić information content (AvgIpc) is 2.51. The minimum absolute atomic E-state index is 0.147. The first-order chi connectivity index (χ1) is 10.5. The minimum atomic E-state index is -1.13. The molecular formula is C18H20O4. The van der Waals surface area contributed by atoms with Crippen molar-refractivity contribution in [1.82, 2.24) is 0 Å². The third-order valence-electron chi connectivity index (χ3n) is 3.27. The van der Waals surface area contributed by atoms with E-state index in [1.54, 1.807) is 26.0 Å². The topological polar surface area (TPSA) is 55.8 Å². The third-order valence-corrected chi connectivity index (χ3v) is 3.27. The zero-order valence-corrected chi connectivity index (χ0v) is 12.8. The maximum Gasteiger partial charge on any atom is 0.350 e. The number of esters is 1. The molecule has 2 aromatic rings. The summed E-state index contributed by atoms with van der Waals surface area (Å²) in [6, 6.07) is 15.9. The van der Waals surface area contributed by atoms with Crippen LogP contribution >= 0.6 is 0 Å². The Bertz CT molecular complexity index is 607. The molecule has 0 bridgehead atoms. The second kappa shape index (κ2) is 6.98. The van der Waals surface area contributed by atoms with Gasteiger partial charge in [0.25, 0.3) is 0 Å². The van der Waals surface area contributed by atoms with Gasteiger partial charge in [-0.15, -0.1) is 0 Å². The summed E-state index contributed by atoms with van der Waals surface area (Å²) >= 11 is 0. The normalized spacial score (nSPS) is 13.2. The summed E-state index contributed by atoms with van der Waals surface area (Å²) in [4.78, 5) is 12.3. The lowest BCUT2D eigenvalue weighted by Crippen LogP contribution is -2.45. The Morgan fingerprint density at radius 1 is 1.09 bits per heavy atom. The van der Waals surface area contributed by atoms with Crippen molar-refractivity contribution in [2.75, 3.05) is 6.61 Å².